The fourth-order valence-corrected chi connectivity index (χ4v) is 0.678. The molecule has 1 aliphatic heterocycles. The van der Waals surface area contributed by atoms with Crippen molar-refractivity contribution in [1.29, 1.82) is 0 Å². The smallest absolute Gasteiger partial charge is 0.0882 e. The number of rotatable bonds is 0. The highest BCUT2D eigenvalue weighted by atomic mass is 31.2. The second-order valence-electron chi connectivity index (χ2n) is 2.06. The Morgan fingerprint density at radius 2 is 1.55 bits per heavy atom. The zero-order chi connectivity index (χ0) is 8.74. The molecule has 11 heavy (non-hydrogen) atoms. The minimum atomic E-state index is -5.39. The molecule has 0 aromatic heterocycles. The van der Waals surface area contributed by atoms with Gasteiger partial charge in [-0.05, 0) is 0 Å². The van der Waals surface area contributed by atoms with Crippen molar-refractivity contribution in [2.45, 2.75) is 0 Å². The van der Waals surface area contributed by atoms with Crippen LogP contribution < -0.4 is 25.3 Å². The molecule has 68 valence electrons. The molecule has 0 saturated carbocycles. The molecule has 1 saturated heterocycles. The lowest BCUT2D eigenvalue weighted by atomic mass is 10.4. The molecule has 1 rings (SSSR count). The Labute approximate surface area is 64.9 Å². The number of nitrogens with two attached hydrogens (primary N) is 1. The Hall–Kier alpha value is 0.0300. The lowest BCUT2D eigenvalue weighted by Gasteiger charge is -2.36. The number of piperazine rings is 1. The first kappa shape index (κ1) is 11.0. The quantitative estimate of drug-likeness (QED) is 0.365. The fraction of sp³-hybridized carbons (Fsp3) is 1.00. The first-order valence-corrected chi connectivity index (χ1v) is 4.71. The summed E-state index contributed by atoms with van der Waals surface area (Å²) in [6, 6.07) is 0. The van der Waals surface area contributed by atoms with Crippen molar-refractivity contribution in [1.82, 2.24) is 5.32 Å². The van der Waals surface area contributed by atoms with Crippen LogP contribution in [0.5, 0.6) is 0 Å². The van der Waals surface area contributed by atoms with E-state index in [0.29, 0.717) is 0 Å². The van der Waals surface area contributed by atoms with E-state index < -0.39 is 7.82 Å². The van der Waals surface area contributed by atoms with Crippen LogP contribution in [-0.4, -0.2) is 26.2 Å². The maximum Gasteiger partial charge on any atom is 0.0882 e. The lowest BCUT2D eigenvalue weighted by Crippen LogP contribution is -2.89. The third kappa shape index (κ3) is 17.8. The Balaban J connectivity index is 0.000000187. The molecule has 0 unspecified atom stereocenters. The summed E-state index contributed by atoms with van der Waals surface area (Å²) in [5.41, 5.74) is 0. The predicted molar refractivity (Wildman–Crippen MR) is 32.1 cm³/mol. The standard InChI is InChI=1S/C4H10N2.H3O4P/c1-2-6-4-3-5-1;1-5(2,3)4/h5-6H,1-4H2;(H3,1,2,3,4)/p-2. The van der Waals surface area contributed by atoms with Crippen LogP contribution >= 0.6 is 7.82 Å². The van der Waals surface area contributed by atoms with E-state index in [1.165, 1.54) is 26.2 Å². The number of hydrogen-bond donors (Lipinski definition) is 2. The van der Waals surface area contributed by atoms with Crippen molar-refractivity contribution in [3.05, 3.63) is 0 Å². The van der Waals surface area contributed by atoms with Crippen LogP contribution in [0, 0.1) is 0 Å². The summed E-state index contributed by atoms with van der Waals surface area (Å²) in [5.74, 6) is 0. The fourth-order valence-electron chi connectivity index (χ4n) is 0.678. The van der Waals surface area contributed by atoms with Gasteiger partial charge in [-0.25, -0.2) is 0 Å². The van der Waals surface area contributed by atoms with Gasteiger partial charge in [-0.15, -0.1) is 0 Å². The van der Waals surface area contributed by atoms with E-state index in [1.54, 1.807) is 0 Å². The van der Waals surface area contributed by atoms with Gasteiger partial charge in [-0.3, -0.25) is 0 Å². The highest BCUT2D eigenvalue weighted by Crippen LogP contribution is 2.03. The minimum absolute atomic E-state index is 1.19. The zero-order valence-electron chi connectivity index (χ0n) is 5.99. The van der Waals surface area contributed by atoms with Crippen LogP contribution in [0.15, 0.2) is 0 Å². The van der Waals surface area contributed by atoms with Crippen molar-refractivity contribution in [2.24, 2.45) is 0 Å². The first-order valence-electron chi connectivity index (χ1n) is 3.25. The highest BCUT2D eigenvalue weighted by molar-refractivity contribution is 7.40. The Morgan fingerprint density at radius 3 is 1.64 bits per heavy atom. The average Bonchev–Trinajstić information content (AvgIpc) is 1.88. The Bertz CT molecular complexity index is 112. The van der Waals surface area contributed by atoms with E-state index in [1.807, 2.05) is 0 Å². The van der Waals surface area contributed by atoms with Crippen LogP contribution in [0.2, 0.25) is 0 Å². The van der Waals surface area contributed by atoms with Crippen LogP contribution in [0.3, 0.4) is 0 Å². The summed E-state index contributed by atoms with van der Waals surface area (Å²) >= 11 is 0. The molecule has 1 heterocycles. The van der Waals surface area contributed by atoms with Gasteiger partial charge in [0.25, 0.3) is 0 Å². The summed E-state index contributed by atoms with van der Waals surface area (Å²) in [4.78, 5) is 25.6. The molecule has 1 aliphatic rings. The molecule has 3 N–H and O–H groups in total. The van der Waals surface area contributed by atoms with E-state index in [9.17, 15) is 0 Å². The van der Waals surface area contributed by atoms with Crippen LogP contribution in [0.1, 0.15) is 0 Å². The molecule has 0 spiro atoms. The van der Waals surface area contributed by atoms with E-state index in [2.05, 4.69) is 10.6 Å². The summed E-state index contributed by atoms with van der Waals surface area (Å²) < 4.78 is 8.55. The average molecular weight is 182 g/mol. The Kier molecular flexibility index (Phi) is 5.67. The molecule has 0 bridgehead atoms. The van der Waals surface area contributed by atoms with Gasteiger partial charge in [0.15, 0.2) is 0 Å². The third-order valence-electron chi connectivity index (χ3n) is 1.05. The van der Waals surface area contributed by atoms with E-state index >= 15 is 0 Å². The van der Waals surface area contributed by atoms with Crippen molar-refractivity contribution >= 4 is 7.82 Å². The van der Waals surface area contributed by atoms with E-state index in [0.717, 1.165) is 0 Å². The molecular weight excluding hydrogens is 171 g/mol. The van der Waals surface area contributed by atoms with Gasteiger partial charge in [-0.1, -0.05) is 0 Å². The Morgan fingerprint density at radius 1 is 1.18 bits per heavy atom. The van der Waals surface area contributed by atoms with Crippen molar-refractivity contribution in [2.75, 3.05) is 26.2 Å². The number of hydrogen-bond acceptors (Lipinski definition) is 5. The summed E-state index contributed by atoms with van der Waals surface area (Å²) in [7, 11) is -5.39. The van der Waals surface area contributed by atoms with Gasteiger partial charge in [0.05, 0.1) is 13.1 Å². The second-order valence-corrected chi connectivity index (χ2v) is 2.96. The molecule has 0 aromatic carbocycles. The number of quaternary nitrogens is 1. The molecule has 0 aliphatic carbocycles. The van der Waals surface area contributed by atoms with Crippen molar-refractivity contribution in [3.8, 4) is 0 Å². The second kappa shape index (κ2) is 5.65. The molecule has 0 aromatic rings. The monoisotopic (exact) mass is 182 g/mol. The van der Waals surface area contributed by atoms with Crippen molar-refractivity contribution in [3.63, 3.8) is 0 Å². The lowest BCUT2D eigenvalue weighted by molar-refractivity contribution is -0.657. The maximum atomic E-state index is 8.55. The third-order valence-corrected chi connectivity index (χ3v) is 1.05. The predicted octanol–water partition coefficient (Wildman–Crippen LogP) is -4.67. The molecular formula is C4H11N2O4P-2. The summed E-state index contributed by atoms with van der Waals surface area (Å²) in [6.45, 7) is 4.92. The van der Waals surface area contributed by atoms with Crippen LogP contribution in [0.4, 0.5) is 0 Å². The highest BCUT2D eigenvalue weighted by Gasteiger charge is 1.95. The zero-order valence-corrected chi connectivity index (χ0v) is 6.88. The SMILES string of the molecule is C1C[NH2+]CCN1.O=P([O-])([O-])[O-]. The van der Waals surface area contributed by atoms with Gasteiger partial charge in [0.1, 0.15) is 0 Å². The van der Waals surface area contributed by atoms with Gasteiger partial charge < -0.3 is 29.9 Å². The molecule has 0 radical (unpaired) electrons. The molecule has 0 atom stereocenters. The van der Waals surface area contributed by atoms with Gasteiger partial charge in [0.2, 0.25) is 0 Å². The number of nitrogens with one attached hydrogen (secondary N) is 1. The minimum Gasteiger partial charge on any atom is -0.822 e. The van der Waals surface area contributed by atoms with Gasteiger partial charge >= 0.3 is 0 Å². The first-order chi connectivity index (χ1) is 5.00. The maximum absolute atomic E-state index is 8.55. The molecule has 7 heteroatoms. The normalized spacial score (nSPS) is 18.5. The molecule has 6 nitrogen and oxygen atoms in total. The molecule has 0 amide bonds. The topological polar surface area (TPSA) is 115 Å². The van der Waals surface area contributed by atoms with Gasteiger partial charge in [-0.2, -0.15) is 7.82 Å². The van der Waals surface area contributed by atoms with Gasteiger partial charge in [0, 0.05) is 13.1 Å². The number of phosphoric acid groups is 1. The van der Waals surface area contributed by atoms with Crippen molar-refractivity contribution < 1.29 is 24.6 Å². The largest absolute Gasteiger partial charge is 0.822 e. The summed E-state index contributed by atoms with van der Waals surface area (Å²) in [6.07, 6.45) is 0. The molecule has 1 fully saturated rings. The van der Waals surface area contributed by atoms with Crippen LogP contribution in [-0.2, 0) is 4.57 Å². The summed E-state index contributed by atoms with van der Waals surface area (Å²) in [5, 5.41) is 5.58. The van der Waals surface area contributed by atoms with E-state index in [4.69, 9.17) is 19.2 Å². The van der Waals surface area contributed by atoms with Crippen LogP contribution in [0.25, 0.3) is 0 Å². The van der Waals surface area contributed by atoms with E-state index in [-0.39, 0.29) is 0 Å².